The molecule has 1 N–H and O–H groups in total. The third-order valence-corrected chi connectivity index (χ3v) is 3.43. The lowest BCUT2D eigenvalue weighted by Gasteiger charge is -2.07. The SMILES string of the molecule is C=C(CNC1CC1)Cn1ccn(C2CC2)c1=O. The van der Waals surface area contributed by atoms with Crippen LogP contribution in [-0.4, -0.2) is 21.7 Å². The van der Waals surface area contributed by atoms with Gasteiger partial charge in [0.25, 0.3) is 0 Å². The van der Waals surface area contributed by atoms with Crippen LogP contribution in [0.4, 0.5) is 0 Å². The number of aromatic nitrogens is 2. The molecular weight excluding hydrogens is 214 g/mol. The van der Waals surface area contributed by atoms with Gasteiger partial charge in [-0.05, 0) is 31.3 Å². The van der Waals surface area contributed by atoms with Gasteiger partial charge in [-0.15, -0.1) is 0 Å². The van der Waals surface area contributed by atoms with Crippen molar-refractivity contribution in [2.45, 2.75) is 44.3 Å². The lowest BCUT2D eigenvalue weighted by Crippen LogP contribution is -2.27. The highest BCUT2D eigenvalue weighted by atomic mass is 16.1. The molecule has 4 heteroatoms. The predicted molar refractivity (Wildman–Crippen MR) is 67.1 cm³/mol. The van der Waals surface area contributed by atoms with Gasteiger partial charge >= 0.3 is 5.69 Å². The summed E-state index contributed by atoms with van der Waals surface area (Å²) in [6.07, 6.45) is 8.64. The standard InChI is InChI=1S/C13H19N3O/c1-10(8-14-11-2-3-11)9-15-6-7-16(13(15)17)12-4-5-12/h6-7,11-12,14H,1-5,8-9H2. The molecule has 0 unspecified atom stereocenters. The fraction of sp³-hybridized carbons (Fsp3) is 0.615. The molecule has 1 aromatic heterocycles. The summed E-state index contributed by atoms with van der Waals surface area (Å²) in [7, 11) is 0. The summed E-state index contributed by atoms with van der Waals surface area (Å²) < 4.78 is 3.61. The normalized spacial score (nSPS) is 19.5. The second-order valence-electron chi connectivity index (χ2n) is 5.25. The molecule has 1 aromatic rings. The Morgan fingerprint density at radius 1 is 1.35 bits per heavy atom. The molecule has 0 aromatic carbocycles. The fourth-order valence-corrected chi connectivity index (χ4v) is 2.05. The van der Waals surface area contributed by atoms with Crippen molar-refractivity contribution in [3.63, 3.8) is 0 Å². The Bertz CT molecular complexity index is 477. The average Bonchev–Trinajstić information content (AvgIpc) is 3.20. The molecule has 3 rings (SSSR count). The molecule has 2 aliphatic rings. The Morgan fingerprint density at radius 2 is 2.12 bits per heavy atom. The number of hydrogen-bond acceptors (Lipinski definition) is 2. The van der Waals surface area contributed by atoms with E-state index >= 15 is 0 Å². The summed E-state index contributed by atoms with van der Waals surface area (Å²) in [5.74, 6) is 0. The van der Waals surface area contributed by atoms with Crippen LogP contribution in [0, 0.1) is 0 Å². The first-order valence-electron chi connectivity index (χ1n) is 6.41. The highest BCUT2D eigenvalue weighted by molar-refractivity contribution is 5.01. The fourth-order valence-electron chi connectivity index (χ4n) is 2.05. The van der Waals surface area contributed by atoms with Crippen LogP contribution in [0.3, 0.4) is 0 Å². The molecule has 2 aliphatic carbocycles. The van der Waals surface area contributed by atoms with E-state index in [1.165, 1.54) is 12.8 Å². The number of hydrogen-bond donors (Lipinski definition) is 1. The first-order valence-corrected chi connectivity index (χ1v) is 6.41. The maximum absolute atomic E-state index is 12.0. The second-order valence-corrected chi connectivity index (χ2v) is 5.25. The van der Waals surface area contributed by atoms with Crippen molar-refractivity contribution >= 4 is 0 Å². The highest BCUT2D eigenvalue weighted by Crippen LogP contribution is 2.33. The molecule has 0 aliphatic heterocycles. The topological polar surface area (TPSA) is 39.0 Å². The summed E-state index contributed by atoms with van der Waals surface area (Å²) in [4.78, 5) is 12.0. The van der Waals surface area contributed by atoms with E-state index in [0.29, 0.717) is 18.6 Å². The molecule has 0 bridgehead atoms. The van der Waals surface area contributed by atoms with E-state index in [1.54, 1.807) is 4.57 Å². The van der Waals surface area contributed by atoms with Crippen LogP contribution in [-0.2, 0) is 6.54 Å². The summed E-state index contributed by atoms with van der Waals surface area (Å²) in [5, 5.41) is 3.42. The van der Waals surface area contributed by atoms with Crippen LogP contribution >= 0.6 is 0 Å². The van der Waals surface area contributed by atoms with Gasteiger partial charge in [0, 0.05) is 37.6 Å². The quantitative estimate of drug-likeness (QED) is 0.752. The average molecular weight is 233 g/mol. The molecule has 17 heavy (non-hydrogen) atoms. The van der Waals surface area contributed by atoms with E-state index in [2.05, 4.69) is 11.9 Å². The van der Waals surface area contributed by atoms with Crippen molar-refractivity contribution in [1.29, 1.82) is 0 Å². The minimum atomic E-state index is 0.111. The maximum atomic E-state index is 12.0. The second kappa shape index (κ2) is 4.18. The molecule has 0 radical (unpaired) electrons. The molecule has 2 saturated carbocycles. The number of nitrogens with one attached hydrogen (secondary N) is 1. The number of imidazole rings is 1. The Morgan fingerprint density at radius 3 is 2.76 bits per heavy atom. The van der Waals surface area contributed by atoms with Crippen LogP contribution < -0.4 is 11.0 Å². The van der Waals surface area contributed by atoms with Crippen LogP contribution in [0.25, 0.3) is 0 Å². The van der Waals surface area contributed by atoms with Gasteiger partial charge in [-0.25, -0.2) is 4.79 Å². The molecular formula is C13H19N3O. The zero-order valence-electron chi connectivity index (χ0n) is 10.1. The van der Waals surface area contributed by atoms with E-state index in [-0.39, 0.29) is 5.69 Å². The van der Waals surface area contributed by atoms with E-state index in [0.717, 1.165) is 25.0 Å². The first kappa shape index (κ1) is 10.8. The van der Waals surface area contributed by atoms with Gasteiger partial charge in [-0.1, -0.05) is 6.58 Å². The Hall–Kier alpha value is -1.29. The van der Waals surface area contributed by atoms with Crippen LogP contribution in [0.2, 0.25) is 0 Å². The van der Waals surface area contributed by atoms with Crippen molar-refractivity contribution in [2.75, 3.05) is 6.54 Å². The van der Waals surface area contributed by atoms with Gasteiger partial charge in [-0.2, -0.15) is 0 Å². The number of rotatable bonds is 6. The zero-order chi connectivity index (χ0) is 11.8. The molecule has 0 amide bonds. The van der Waals surface area contributed by atoms with Gasteiger partial charge in [-0.3, -0.25) is 9.13 Å². The van der Waals surface area contributed by atoms with Gasteiger partial charge in [0.2, 0.25) is 0 Å². The summed E-state index contributed by atoms with van der Waals surface area (Å²) >= 11 is 0. The monoisotopic (exact) mass is 233 g/mol. The van der Waals surface area contributed by atoms with E-state index in [9.17, 15) is 4.79 Å². The van der Waals surface area contributed by atoms with E-state index in [1.807, 2.05) is 17.0 Å². The lowest BCUT2D eigenvalue weighted by molar-refractivity contribution is 0.633. The van der Waals surface area contributed by atoms with Gasteiger partial charge in [0.15, 0.2) is 0 Å². The molecule has 2 fully saturated rings. The summed E-state index contributed by atoms with van der Waals surface area (Å²) in [6.45, 7) is 5.49. The molecule has 4 nitrogen and oxygen atoms in total. The minimum Gasteiger partial charge on any atom is -0.310 e. The largest absolute Gasteiger partial charge is 0.328 e. The lowest BCUT2D eigenvalue weighted by atomic mass is 10.3. The predicted octanol–water partition coefficient (Wildman–Crippen LogP) is 1.29. The van der Waals surface area contributed by atoms with Crippen molar-refractivity contribution in [1.82, 2.24) is 14.5 Å². The van der Waals surface area contributed by atoms with Crippen molar-refractivity contribution in [2.24, 2.45) is 0 Å². The molecule has 0 atom stereocenters. The Kier molecular flexibility index (Phi) is 2.67. The maximum Gasteiger partial charge on any atom is 0.328 e. The van der Waals surface area contributed by atoms with Gasteiger partial charge in [0.1, 0.15) is 0 Å². The molecule has 0 spiro atoms. The molecule has 0 saturated heterocycles. The minimum absolute atomic E-state index is 0.111. The van der Waals surface area contributed by atoms with Crippen molar-refractivity contribution < 1.29 is 0 Å². The Balaban J connectivity index is 1.59. The van der Waals surface area contributed by atoms with Gasteiger partial charge in [0.05, 0.1) is 0 Å². The summed E-state index contributed by atoms with van der Waals surface area (Å²) in [6, 6.07) is 1.15. The van der Waals surface area contributed by atoms with E-state index in [4.69, 9.17) is 0 Å². The Labute approximate surface area is 101 Å². The molecule has 92 valence electrons. The summed E-state index contributed by atoms with van der Waals surface area (Å²) in [5.41, 5.74) is 1.19. The van der Waals surface area contributed by atoms with Crippen LogP contribution in [0.1, 0.15) is 31.7 Å². The van der Waals surface area contributed by atoms with Crippen LogP contribution in [0.15, 0.2) is 29.3 Å². The smallest absolute Gasteiger partial charge is 0.310 e. The zero-order valence-corrected chi connectivity index (χ0v) is 10.1. The number of nitrogens with zero attached hydrogens (tertiary/aromatic N) is 2. The molecule has 1 heterocycles. The van der Waals surface area contributed by atoms with Crippen molar-refractivity contribution in [3.8, 4) is 0 Å². The third-order valence-electron chi connectivity index (χ3n) is 3.43. The third kappa shape index (κ3) is 2.52. The highest BCUT2D eigenvalue weighted by Gasteiger charge is 2.25. The van der Waals surface area contributed by atoms with Crippen molar-refractivity contribution in [3.05, 3.63) is 35.0 Å². The van der Waals surface area contributed by atoms with Gasteiger partial charge < -0.3 is 5.32 Å². The van der Waals surface area contributed by atoms with E-state index < -0.39 is 0 Å². The first-order chi connectivity index (χ1) is 8.24. The van der Waals surface area contributed by atoms with Crippen LogP contribution in [0.5, 0.6) is 0 Å².